The van der Waals surface area contributed by atoms with Crippen LogP contribution in [0.3, 0.4) is 0 Å². The summed E-state index contributed by atoms with van der Waals surface area (Å²) in [6.07, 6.45) is 0.0582. The summed E-state index contributed by atoms with van der Waals surface area (Å²) in [7, 11) is 4.84. The van der Waals surface area contributed by atoms with E-state index in [0.717, 1.165) is 11.3 Å². The number of carbonyl (C=O) groups excluding carboxylic acids is 2. The van der Waals surface area contributed by atoms with Gasteiger partial charge in [-0.05, 0) is 35.9 Å². The molecule has 0 unspecified atom stereocenters. The predicted molar refractivity (Wildman–Crippen MR) is 124 cm³/mol. The van der Waals surface area contributed by atoms with Crippen molar-refractivity contribution in [2.75, 3.05) is 26.2 Å². The number of ether oxygens (including phenoxy) is 3. The Morgan fingerprint density at radius 2 is 1.71 bits per heavy atom. The highest BCUT2D eigenvalue weighted by molar-refractivity contribution is 6.15. The molecule has 3 aromatic rings. The fourth-order valence-corrected chi connectivity index (χ4v) is 4.49. The molecule has 0 N–H and O–H groups in total. The van der Waals surface area contributed by atoms with Gasteiger partial charge in [0.2, 0.25) is 0 Å². The summed E-state index contributed by atoms with van der Waals surface area (Å²) in [5, 5.41) is 9.39. The van der Waals surface area contributed by atoms with Gasteiger partial charge in [0.25, 0.3) is 11.8 Å². The number of rotatable bonds is 4. The van der Waals surface area contributed by atoms with Gasteiger partial charge in [-0.2, -0.15) is 5.26 Å². The Hall–Kier alpha value is -4.51. The number of hydrogen-bond acceptors (Lipinski definition) is 7. The number of nitriles is 1. The van der Waals surface area contributed by atoms with Crippen molar-refractivity contribution in [3.63, 3.8) is 0 Å². The number of carbonyl (C=O) groups is 2. The lowest BCUT2D eigenvalue weighted by molar-refractivity contribution is 0.0627. The van der Waals surface area contributed by atoms with Crippen molar-refractivity contribution >= 4 is 23.2 Å². The zero-order valence-electron chi connectivity index (χ0n) is 18.9. The number of anilines is 2. The van der Waals surface area contributed by atoms with E-state index in [1.54, 1.807) is 30.3 Å². The molecule has 0 saturated heterocycles. The highest BCUT2D eigenvalue weighted by Crippen LogP contribution is 2.52. The number of fused-ring (bicyclic) bond motifs is 3. The van der Waals surface area contributed by atoms with E-state index in [1.807, 2.05) is 30.1 Å². The predicted octanol–water partition coefficient (Wildman–Crippen LogP) is 4.44. The first-order chi connectivity index (χ1) is 16.5. The third-order valence-corrected chi connectivity index (χ3v) is 6.20. The van der Waals surface area contributed by atoms with Crippen LogP contribution in [0.5, 0.6) is 23.0 Å². The molecule has 0 saturated carbocycles. The summed E-state index contributed by atoms with van der Waals surface area (Å²) in [6, 6.07) is 16.4. The first kappa shape index (κ1) is 21.3. The molecule has 0 atom stereocenters. The van der Waals surface area contributed by atoms with E-state index < -0.39 is 5.91 Å². The maximum absolute atomic E-state index is 13.8. The molecule has 5 rings (SSSR count). The largest absolute Gasteiger partial charge is 0.496 e. The van der Waals surface area contributed by atoms with E-state index >= 15 is 0 Å². The monoisotopic (exact) mass is 455 g/mol. The van der Waals surface area contributed by atoms with E-state index in [0.29, 0.717) is 28.3 Å². The van der Waals surface area contributed by atoms with Crippen LogP contribution in [0, 0.1) is 11.3 Å². The summed E-state index contributed by atoms with van der Waals surface area (Å²) in [6.45, 7) is 0.167. The van der Waals surface area contributed by atoms with E-state index in [9.17, 15) is 14.9 Å². The van der Waals surface area contributed by atoms with E-state index in [-0.39, 0.29) is 35.9 Å². The van der Waals surface area contributed by atoms with Gasteiger partial charge < -0.3 is 19.1 Å². The summed E-state index contributed by atoms with van der Waals surface area (Å²) >= 11 is 0. The Balaban J connectivity index is 1.65. The van der Waals surface area contributed by atoms with Gasteiger partial charge in [-0.3, -0.25) is 14.5 Å². The quantitative estimate of drug-likeness (QED) is 0.537. The summed E-state index contributed by atoms with van der Waals surface area (Å²) < 4.78 is 17.3. The highest BCUT2D eigenvalue weighted by atomic mass is 16.5. The van der Waals surface area contributed by atoms with E-state index in [4.69, 9.17) is 14.2 Å². The first-order valence-electron chi connectivity index (χ1n) is 10.6. The van der Waals surface area contributed by atoms with Crippen LogP contribution in [0.25, 0.3) is 0 Å². The van der Waals surface area contributed by atoms with Crippen molar-refractivity contribution < 1.29 is 23.8 Å². The van der Waals surface area contributed by atoms with E-state index in [1.165, 1.54) is 19.1 Å². The third-order valence-electron chi connectivity index (χ3n) is 6.20. The molecule has 3 aromatic carbocycles. The van der Waals surface area contributed by atoms with Crippen LogP contribution < -0.4 is 19.1 Å². The number of nitrogens with zero attached hydrogens (tertiary/aromatic N) is 3. The smallest absolute Gasteiger partial charge is 0.268 e. The summed E-state index contributed by atoms with van der Waals surface area (Å²) in [5.41, 5.74) is 3.37. The fourth-order valence-electron chi connectivity index (χ4n) is 4.49. The Bertz CT molecular complexity index is 1390. The standard InChI is InChI=1S/C26H21N3O5/c1-28-18-8-10-20(32-2)17(12-13-27)23(18)34-24-19(28)9-11-21(33-3)22(24)26(31)29-14-15-6-4-5-7-16(15)25(29)30/h4-11H,12,14H2,1-3H3. The zero-order chi connectivity index (χ0) is 24.0. The second kappa shape index (κ2) is 8.12. The van der Waals surface area contributed by atoms with Crippen LogP contribution in [0.4, 0.5) is 11.4 Å². The average Bonchev–Trinajstić information content (AvgIpc) is 3.20. The van der Waals surface area contributed by atoms with Crippen LogP contribution >= 0.6 is 0 Å². The molecule has 0 fully saturated rings. The van der Waals surface area contributed by atoms with Gasteiger partial charge in [0.15, 0.2) is 11.5 Å². The minimum absolute atomic E-state index is 0.0582. The van der Waals surface area contributed by atoms with Gasteiger partial charge in [-0.15, -0.1) is 0 Å². The lowest BCUT2D eigenvalue weighted by Gasteiger charge is -2.33. The summed E-state index contributed by atoms with van der Waals surface area (Å²) in [5.74, 6) is 0.602. The maximum Gasteiger partial charge on any atom is 0.268 e. The lowest BCUT2D eigenvalue weighted by atomic mass is 10.0. The van der Waals surface area contributed by atoms with Crippen molar-refractivity contribution in [1.82, 2.24) is 4.90 Å². The molecule has 0 radical (unpaired) electrons. The zero-order valence-corrected chi connectivity index (χ0v) is 18.9. The average molecular weight is 455 g/mol. The van der Waals surface area contributed by atoms with Crippen molar-refractivity contribution in [3.05, 3.63) is 70.8 Å². The molecular weight excluding hydrogens is 434 g/mol. The summed E-state index contributed by atoms with van der Waals surface area (Å²) in [4.78, 5) is 29.9. The minimum Gasteiger partial charge on any atom is -0.496 e. The number of hydrogen-bond donors (Lipinski definition) is 0. The number of amides is 2. The van der Waals surface area contributed by atoms with Crippen LogP contribution in [0.1, 0.15) is 31.8 Å². The SMILES string of the molecule is COc1ccc2c(c1CC#N)Oc1c(ccc(OC)c1C(=O)N1Cc3ccccc3C1=O)N2C. The maximum atomic E-state index is 13.8. The number of methoxy groups -OCH3 is 2. The molecule has 170 valence electrons. The van der Waals surface area contributed by atoms with Gasteiger partial charge in [0.1, 0.15) is 17.1 Å². The lowest BCUT2D eigenvalue weighted by Crippen LogP contribution is -2.32. The van der Waals surface area contributed by atoms with Crippen molar-refractivity contribution in [1.29, 1.82) is 5.26 Å². The molecule has 8 heteroatoms. The fraction of sp³-hybridized carbons (Fsp3) is 0.192. The Labute approximate surface area is 196 Å². The highest BCUT2D eigenvalue weighted by Gasteiger charge is 2.38. The van der Waals surface area contributed by atoms with Crippen LogP contribution in [-0.4, -0.2) is 38.0 Å². The minimum atomic E-state index is -0.517. The van der Waals surface area contributed by atoms with Crippen LogP contribution in [0.2, 0.25) is 0 Å². The second-order valence-electron chi connectivity index (χ2n) is 7.94. The van der Waals surface area contributed by atoms with Gasteiger partial charge in [-0.25, -0.2) is 0 Å². The van der Waals surface area contributed by atoms with Gasteiger partial charge in [0, 0.05) is 12.6 Å². The molecule has 2 aliphatic rings. The molecule has 0 aromatic heterocycles. The topological polar surface area (TPSA) is 92.1 Å². The van der Waals surface area contributed by atoms with Gasteiger partial charge in [0.05, 0.1) is 50.2 Å². The molecule has 2 heterocycles. The Morgan fingerprint density at radius 1 is 1.03 bits per heavy atom. The van der Waals surface area contributed by atoms with E-state index in [2.05, 4.69) is 6.07 Å². The Kier molecular flexibility index (Phi) is 5.10. The molecular formula is C26H21N3O5. The van der Waals surface area contributed by atoms with Gasteiger partial charge >= 0.3 is 0 Å². The molecule has 0 aliphatic carbocycles. The molecule has 8 nitrogen and oxygen atoms in total. The van der Waals surface area contributed by atoms with Crippen LogP contribution in [0.15, 0.2) is 48.5 Å². The van der Waals surface area contributed by atoms with Gasteiger partial charge in [-0.1, -0.05) is 18.2 Å². The number of imide groups is 1. The number of benzene rings is 3. The molecule has 34 heavy (non-hydrogen) atoms. The molecule has 2 amide bonds. The molecule has 0 bridgehead atoms. The molecule has 0 spiro atoms. The first-order valence-corrected chi connectivity index (χ1v) is 10.6. The van der Waals surface area contributed by atoms with Crippen molar-refractivity contribution in [3.8, 4) is 29.1 Å². The van der Waals surface area contributed by atoms with Crippen molar-refractivity contribution in [2.45, 2.75) is 13.0 Å². The third kappa shape index (κ3) is 3.05. The Morgan fingerprint density at radius 3 is 2.38 bits per heavy atom. The van der Waals surface area contributed by atoms with Crippen LogP contribution in [-0.2, 0) is 13.0 Å². The van der Waals surface area contributed by atoms with Crippen molar-refractivity contribution in [2.24, 2.45) is 0 Å². The normalized spacial score (nSPS) is 13.4. The molecule has 2 aliphatic heterocycles. The second-order valence-corrected chi connectivity index (χ2v) is 7.94.